The minimum absolute atomic E-state index is 0.110. The fourth-order valence-electron chi connectivity index (χ4n) is 2.72. The third-order valence-electron chi connectivity index (χ3n) is 3.78. The van der Waals surface area contributed by atoms with E-state index in [0.717, 1.165) is 6.07 Å². The molecule has 1 N–H and O–H groups in total. The van der Waals surface area contributed by atoms with Crippen LogP contribution in [0.15, 0.2) is 18.2 Å². The Hall–Kier alpha value is -2.18. The lowest BCUT2D eigenvalue weighted by Crippen LogP contribution is -2.46. The van der Waals surface area contributed by atoms with Crippen LogP contribution in [0.25, 0.3) is 0 Å². The standard InChI is InChI=1S/C18H23F2NO4/c1-10-5-15(24-16(10)22)14(21-17(23)25-18(2,3)4)8-11-6-12(19)9-13(20)7-11/h6-7,9-10,14-15H,5,8H2,1-4H3,(H,21,23)/t10-,14-,15-/m0/s1. The summed E-state index contributed by atoms with van der Waals surface area (Å²) in [6, 6.07) is 2.50. The molecule has 1 aliphatic rings. The Morgan fingerprint density at radius 1 is 1.32 bits per heavy atom. The minimum atomic E-state index is -0.706. The largest absolute Gasteiger partial charge is 0.460 e. The summed E-state index contributed by atoms with van der Waals surface area (Å²) in [5.41, 5.74) is -0.339. The Labute approximate surface area is 145 Å². The van der Waals surface area contributed by atoms with Gasteiger partial charge in [0.2, 0.25) is 0 Å². The third-order valence-corrected chi connectivity index (χ3v) is 3.78. The van der Waals surface area contributed by atoms with Crippen molar-refractivity contribution in [3.63, 3.8) is 0 Å². The molecule has 0 aromatic heterocycles. The first-order chi connectivity index (χ1) is 11.5. The second-order valence-corrected chi connectivity index (χ2v) is 7.35. The van der Waals surface area contributed by atoms with Crippen molar-refractivity contribution in [2.45, 2.75) is 58.3 Å². The number of ether oxygens (including phenoxy) is 2. The molecule has 0 bridgehead atoms. The van der Waals surface area contributed by atoms with Gasteiger partial charge in [-0.2, -0.15) is 0 Å². The van der Waals surface area contributed by atoms with E-state index in [1.165, 1.54) is 12.1 Å². The zero-order chi connectivity index (χ0) is 18.8. The normalized spacial score (nSPS) is 21.6. The minimum Gasteiger partial charge on any atom is -0.460 e. The van der Waals surface area contributed by atoms with Gasteiger partial charge >= 0.3 is 12.1 Å². The second kappa shape index (κ2) is 7.37. The number of cyclic esters (lactones) is 1. The van der Waals surface area contributed by atoms with Crippen molar-refractivity contribution in [2.75, 3.05) is 0 Å². The van der Waals surface area contributed by atoms with Crippen LogP contribution in [0.1, 0.15) is 39.7 Å². The lowest BCUT2D eigenvalue weighted by molar-refractivity contribution is -0.144. The van der Waals surface area contributed by atoms with Gasteiger partial charge in [-0.25, -0.2) is 13.6 Å². The number of alkyl carbamates (subject to hydrolysis) is 1. The molecule has 1 saturated heterocycles. The number of esters is 1. The number of rotatable bonds is 4. The quantitative estimate of drug-likeness (QED) is 0.841. The van der Waals surface area contributed by atoms with E-state index in [0.29, 0.717) is 12.0 Å². The molecule has 3 atom stereocenters. The molecule has 1 heterocycles. The van der Waals surface area contributed by atoms with Gasteiger partial charge in [0, 0.05) is 6.07 Å². The Bertz CT molecular complexity index is 637. The summed E-state index contributed by atoms with van der Waals surface area (Å²) in [7, 11) is 0. The van der Waals surface area contributed by atoms with Crippen molar-refractivity contribution in [3.05, 3.63) is 35.4 Å². The summed E-state index contributed by atoms with van der Waals surface area (Å²) in [5, 5.41) is 2.66. The molecule has 138 valence electrons. The van der Waals surface area contributed by atoms with Crippen molar-refractivity contribution in [2.24, 2.45) is 5.92 Å². The smallest absolute Gasteiger partial charge is 0.408 e. The Balaban J connectivity index is 2.16. The molecule has 0 saturated carbocycles. The van der Waals surface area contributed by atoms with Gasteiger partial charge in [-0.1, -0.05) is 6.92 Å². The van der Waals surface area contributed by atoms with Crippen LogP contribution >= 0.6 is 0 Å². The SMILES string of the molecule is C[C@H]1C[C@@H]([C@H](Cc2cc(F)cc(F)c2)NC(=O)OC(C)(C)C)OC1=O. The van der Waals surface area contributed by atoms with E-state index < -0.39 is 35.5 Å². The number of carbonyl (C=O) groups excluding carboxylic acids is 2. The van der Waals surface area contributed by atoms with E-state index in [1.54, 1.807) is 27.7 Å². The predicted molar refractivity (Wildman–Crippen MR) is 86.9 cm³/mol. The molecule has 1 aliphatic heterocycles. The number of halogens is 2. The lowest BCUT2D eigenvalue weighted by Gasteiger charge is -2.26. The van der Waals surface area contributed by atoms with Crippen molar-refractivity contribution in [1.29, 1.82) is 0 Å². The van der Waals surface area contributed by atoms with Crippen LogP contribution in [0.5, 0.6) is 0 Å². The van der Waals surface area contributed by atoms with Gasteiger partial charge in [-0.3, -0.25) is 4.79 Å². The molecule has 0 aliphatic carbocycles. The number of hydrogen-bond acceptors (Lipinski definition) is 4. The van der Waals surface area contributed by atoms with E-state index in [1.807, 2.05) is 0 Å². The number of carbonyl (C=O) groups is 2. The van der Waals surface area contributed by atoms with Gasteiger partial charge in [0.05, 0.1) is 12.0 Å². The van der Waals surface area contributed by atoms with E-state index in [9.17, 15) is 18.4 Å². The first-order valence-electron chi connectivity index (χ1n) is 8.18. The Kier molecular flexibility index (Phi) is 5.65. The van der Waals surface area contributed by atoms with Gasteiger partial charge < -0.3 is 14.8 Å². The Morgan fingerprint density at radius 3 is 2.40 bits per heavy atom. The summed E-state index contributed by atoms with van der Waals surface area (Å²) < 4.78 is 37.4. The van der Waals surface area contributed by atoms with Gasteiger partial charge in [-0.15, -0.1) is 0 Å². The summed E-state index contributed by atoms with van der Waals surface area (Å²) in [5.74, 6) is -2.06. The molecule has 0 radical (unpaired) electrons. The zero-order valence-corrected chi connectivity index (χ0v) is 14.8. The summed E-state index contributed by atoms with van der Waals surface area (Å²) in [6.07, 6.45) is -0.735. The van der Waals surface area contributed by atoms with Gasteiger partial charge in [0.25, 0.3) is 0 Å². The van der Waals surface area contributed by atoms with Gasteiger partial charge in [0.15, 0.2) is 0 Å². The van der Waals surface area contributed by atoms with Gasteiger partial charge in [0.1, 0.15) is 23.3 Å². The number of hydrogen-bond donors (Lipinski definition) is 1. The van der Waals surface area contributed by atoms with Crippen LogP contribution in [0.2, 0.25) is 0 Å². The summed E-state index contributed by atoms with van der Waals surface area (Å²) >= 11 is 0. The number of benzene rings is 1. The number of amides is 1. The molecule has 1 aromatic rings. The summed E-state index contributed by atoms with van der Waals surface area (Å²) in [6.45, 7) is 6.90. The highest BCUT2D eigenvalue weighted by atomic mass is 19.1. The highest BCUT2D eigenvalue weighted by molar-refractivity contribution is 5.74. The lowest BCUT2D eigenvalue weighted by atomic mass is 9.96. The zero-order valence-electron chi connectivity index (χ0n) is 14.8. The molecule has 1 amide bonds. The monoisotopic (exact) mass is 355 g/mol. The fraction of sp³-hybridized carbons (Fsp3) is 0.556. The predicted octanol–water partition coefficient (Wildman–Crippen LogP) is 3.35. The van der Waals surface area contributed by atoms with Gasteiger partial charge in [-0.05, 0) is 51.3 Å². The first kappa shape index (κ1) is 19.1. The maximum absolute atomic E-state index is 13.4. The third kappa shape index (κ3) is 5.69. The van der Waals surface area contributed by atoms with Crippen LogP contribution in [0.3, 0.4) is 0 Å². The second-order valence-electron chi connectivity index (χ2n) is 7.35. The van der Waals surface area contributed by atoms with Crippen LogP contribution < -0.4 is 5.32 Å². The van der Waals surface area contributed by atoms with Crippen LogP contribution in [0, 0.1) is 17.6 Å². The molecule has 0 spiro atoms. The van der Waals surface area contributed by atoms with E-state index in [2.05, 4.69) is 5.32 Å². The molecule has 2 rings (SSSR count). The molecule has 5 nitrogen and oxygen atoms in total. The first-order valence-corrected chi connectivity index (χ1v) is 8.18. The fourth-order valence-corrected chi connectivity index (χ4v) is 2.72. The molecule has 25 heavy (non-hydrogen) atoms. The molecule has 1 aromatic carbocycles. The highest BCUT2D eigenvalue weighted by Crippen LogP contribution is 2.25. The Morgan fingerprint density at radius 2 is 1.92 bits per heavy atom. The van der Waals surface area contributed by atoms with Crippen LogP contribution in [-0.4, -0.2) is 29.8 Å². The van der Waals surface area contributed by atoms with E-state index in [4.69, 9.17) is 9.47 Å². The highest BCUT2D eigenvalue weighted by Gasteiger charge is 2.37. The average molecular weight is 355 g/mol. The topological polar surface area (TPSA) is 64.6 Å². The number of nitrogens with one attached hydrogen (secondary N) is 1. The van der Waals surface area contributed by atoms with Crippen molar-refractivity contribution in [1.82, 2.24) is 5.32 Å². The van der Waals surface area contributed by atoms with Crippen molar-refractivity contribution < 1.29 is 27.8 Å². The van der Waals surface area contributed by atoms with E-state index >= 15 is 0 Å². The van der Waals surface area contributed by atoms with E-state index in [-0.39, 0.29) is 18.3 Å². The molecule has 0 unspecified atom stereocenters. The van der Waals surface area contributed by atoms with Crippen LogP contribution in [-0.2, 0) is 20.7 Å². The summed E-state index contributed by atoms with van der Waals surface area (Å²) in [4.78, 5) is 23.8. The maximum atomic E-state index is 13.4. The maximum Gasteiger partial charge on any atom is 0.408 e. The van der Waals surface area contributed by atoms with Crippen LogP contribution in [0.4, 0.5) is 13.6 Å². The molecule has 1 fully saturated rings. The molecule has 7 heteroatoms. The van der Waals surface area contributed by atoms with Crippen molar-refractivity contribution >= 4 is 12.1 Å². The molecular formula is C18H23F2NO4. The van der Waals surface area contributed by atoms with Crippen molar-refractivity contribution in [3.8, 4) is 0 Å². The molecular weight excluding hydrogens is 332 g/mol. The average Bonchev–Trinajstić information content (AvgIpc) is 2.74.